The molecule has 0 radical (unpaired) electrons. The van der Waals surface area contributed by atoms with Gasteiger partial charge in [-0.25, -0.2) is 9.59 Å². The summed E-state index contributed by atoms with van der Waals surface area (Å²) in [6.07, 6.45) is -0.604. The molecule has 0 heterocycles. The summed E-state index contributed by atoms with van der Waals surface area (Å²) in [4.78, 5) is 26.0. The Labute approximate surface area is 155 Å². The van der Waals surface area contributed by atoms with Crippen LogP contribution in [0.1, 0.15) is 18.1 Å². The van der Waals surface area contributed by atoms with Crippen molar-refractivity contribution in [2.45, 2.75) is 26.5 Å². The highest BCUT2D eigenvalue weighted by Crippen LogP contribution is 2.27. The summed E-state index contributed by atoms with van der Waals surface area (Å²) < 4.78 is 11.1. The minimum absolute atomic E-state index is 0.125. The highest BCUT2D eigenvalue weighted by Gasteiger charge is 2.30. The molecule has 5 nitrogen and oxygen atoms in total. The lowest BCUT2D eigenvalue weighted by atomic mass is 10.1. The van der Waals surface area contributed by atoms with Crippen LogP contribution in [0.2, 0.25) is 0 Å². The van der Waals surface area contributed by atoms with Gasteiger partial charge in [0.05, 0.1) is 12.8 Å². The average molecular weight is 406 g/mol. The van der Waals surface area contributed by atoms with Crippen molar-refractivity contribution in [1.82, 2.24) is 0 Å². The van der Waals surface area contributed by atoms with Gasteiger partial charge in [0.2, 0.25) is 0 Å². The van der Waals surface area contributed by atoms with E-state index in [1.165, 1.54) is 12.0 Å². The van der Waals surface area contributed by atoms with Gasteiger partial charge in [-0.1, -0.05) is 46.3 Å². The summed E-state index contributed by atoms with van der Waals surface area (Å²) in [5, 5.41) is 0. The lowest BCUT2D eigenvalue weighted by Crippen LogP contribution is -2.44. The van der Waals surface area contributed by atoms with Crippen LogP contribution in [0.4, 0.5) is 10.5 Å². The molecule has 0 bridgehead atoms. The van der Waals surface area contributed by atoms with Crippen LogP contribution in [-0.2, 0) is 20.9 Å². The van der Waals surface area contributed by atoms with Crippen LogP contribution >= 0.6 is 15.9 Å². The second-order valence-corrected chi connectivity index (χ2v) is 6.46. The van der Waals surface area contributed by atoms with Crippen LogP contribution in [0.25, 0.3) is 0 Å². The molecule has 0 spiro atoms. The topological polar surface area (TPSA) is 55.8 Å². The number of esters is 1. The van der Waals surface area contributed by atoms with Gasteiger partial charge in [-0.05, 0) is 43.2 Å². The molecule has 1 atom stereocenters. The molecule has 132 valence electrons. The molecule has 0 aliphatic rings. The Morgan fingerprint density at radius 1 is 1.16 bits per heavy atom. The molecule has 6 heteroatoms. The van der Waals surface area contributed by atoms with E-state index in [0.717, 1.165) is 15.6 Å². The molecule has 1 unspecified atom stereocenters. The van der Waals surface area contributed by atoms with Crippen molar-refractivity contribution >= 4 is 33.7 Å². The van der Waals surface area contributed by atoms with Gasteiger partial charge >= 0.3 is 12.1 Å². The van der Waals surface area contributed by atoms with Crippen LogP contribution in [0, 0.1) is 6.92 Å². The van der Waals surface area contributed by atoms with Crippen LogP contribution in [0.5, 0.6) is 0 Å². The number of methoxy groups -OCH3 is 1. The standard InChI is InChI=1S/C19H20BrNO4/c1-13-11-16(20)9-10-17(13)21(14(2)18(22)24-3)19(23)25-12-15-7-5-4-6-8-15/h4-11,14H,12H2,1-3H3. The Kier molecular flexibility index (Phi) is 6.58. The van der Waals surface area contributed by atoms with Crippen molar-refractivity contribution < 1.29 is 19.1 Å². The summed E-state index contributed by atoms with van der Waals surface area (Å²) in [5.41, 5.74) is 2.30. The third kappa shape index (κ3) is 4.82. The highest BCUT2D eigenvalue weighted by molar-refractivity contribution is 9.10. The first-order valence-electron chi connectivity index (χ1n) is 7.78. The number of amides is 1. The molecule has 0 aliphatic carbocycles. The van der Waals surface area contributed by atoms with E-state index in [1.54, 1.807) is 13.0 Å². The van der Waals surface area contributed by atoms with E-state index >= 15 is 0 Å². The predicted octanol–water partition coefficient (Wildman–Crippen LogP) is 4.46. The first kappa shape index (κ1) is 19.0. The molecule has 0 saturated carbocycles. The number of ether oxygens (including phenoxy) is 2. The second kappa shape index (κ2) is 8.67. The fourth-order valence-electron chi connectivity index (χ4n) is 2.42. The van der Waals surface area contributed by atoms with E-state index in [1.807, 2.05) is 49.4 Å². The zero-order valence-electron chi connectivity index (χ0n) is 14.4. The van der Waals surface area contributed by atoms with Crippen molar-refractivity contribution in [2.24, 2.45) is 0 Å². The normalized spacial score (nSPS) is 11.5. The monoisotopic (exact) mass is 405 g/mol. The number of carbonyl (C=O) groups excluding carboxylic acids is 2. The van der Waals surface area contributed by atoms with Crippen molar-refractivity contribution in [1.29, 1.82) is 0 Å². The largest absolute Gasteiger partial charge is 0.467 e. The zero-order valence-corrected chi connectivity index (χ0v) is 15.9. The molecule has 0 N–H and O–H groups in total. The highest BCUT2D eigenvalue weighted by atomic mass is 79.9. The lowest BCUT2D eigenvalue weighted by Gasteiger charge is -2.28. The molecular weight excluding hydrogens is 386 g/mol. The number of anilines is 1. The van der Waals surface area contributed by atoms with Crippen LogP contribution in [0.15, 0.2) is 53.0 Å². The Bertz CT molecular complexity index is 748. The summed E-state index contributed by atoms with van der Waals surface area (Å²) in [6, 6.07) is 14.0. The van der Waals surface area contributed by atoms with Crippen LogP contribution in [-0.4, -0.2) is 25.2 Å². The number of benzene rings is 2. The molecule has 2 rings (SSSR count). The Balaban J connectivity index is 2.27. The Morgan fingerprint density at radius 2 is 1.84 bits per heavy atom. The van der Waals surface area contributed by atoms with Crippen molar-refractivity contribution in [2.75, 3.05) is 12.0 Å². The number of hydrogen-bond acceptors (Lipinski definition) is 4. The SMILES string of the molecule is COC(=O)C(C)N(C(=O)OCc1ccccc1)c1ccc(Br)cc1C. The predicted molar refractivity (Wildman–Crippen MR) is 99.5 cm³/mol. The molecule has 25 heavy (non-hydrogen) atoms. The summed E-state index contributed by atoms with van der Waals surface area (Å²) in [6.45, 7) is 3.60. The number of nitrogens with zero attached hydrogens (tertiary/aromatic N) is 1. The number of hydrogen-bond donors (Lipinski definition) is 0. The number of aryl methyl sites for hydroxylation is 1. The lowest BCUT2D eigenvalue weighted by molar-refractivity contribution is -0.141. The smallest absolute Gasteiger partial charge is 0.415 e. The summed E-state index contributed by atoms with van der Waals surface area (Å²) >= 11 is 3.40. The fraction of sp³-hybridized carbons (Fsp3) is 0.263. The molecule has 1 amide bonds. The maximum atomic E-state index is 12.7. The van der Waals surface area contributed by atoms with Gasteiger partial charge in [-0.15, -0.1) is 0 Å². The van der Waals surface area contributed by atoms with Gasteiger partial charge < -0.3 is 9.47 Å². The van der Waals surface area contributed by atoms with E-state index in [0.29, 0.717) is 5.69 Å². The summed E-state index contributed by atoms with van der Waals surface area (Å²) in [7, 11) is 1.29. The molecular formula is C19H20BrNO4. The van der Waals surface area contributed by atoms with Crippen LogP contribution in [0.3, 0.4) is 0 Å². The molecule has 0 saturated heterocycles. The third-order valence-electron chi connectivity index (χ3n) is 3.75. The van der Waals surface area contributed by atoms with Gasteiger partial charge in [0.25, 0.3) is 0 Å². The van der Waals surface area contributed by atoms with Gasteiger partial charge in [0.15, 0.2) is 0 Å². The van der Waals surface area contributed by atoms with Crippen LogP contribution < -0.4 is 4.90 Å². The number of rotatable bonds is 5. The van der Waals surface area contributed by atoms with E-state index in [9.17, 15) is 9.59 Å². The average Bonchev–Trinajstić information content (AvgIpc) is 2.62. The van der Waals surface area contributed by atoms with Gasteiger partial charge in [0.1, 0.15) is 12.6 Å². The van der Waals surface area contributed by atoms with Crippen molar-refractivity contribution in [3.63, 3.8) is 0 Å². The quantitative estimate of drug-likeness (QED) is 0.688. The minimum atomic E-state index is -0.812. The first-order valence-corrected chi connectivity index (χ1v) is 8.57. The number of carbonyl (C=O) groups is 2. The van der Waals surface area contributed by atoms with Crippen molar-refractivity contribution in [3.8, 4) is 0 Å². The molecule has 2 aromatic carbocycles. The van der Waals surface area contributed by atoms with Gasteiger partial charge in [-0.2, -0.15) is 0 Å². The minimum Gasteiger partial charge on any atom is -0.467 e. The van der Waals surface area contributed by atoms with E-state index in [4.69, 9.17) is 9.47 Å². The first-order chi connectivity index (χ1) is 11.9. The van der Waals surface area contributed by atoms with E-state index in [2.05, 4.69) is 15.9 Å². The molecule has 0 fully saturated rings. The molecule has 0 aliphatic heterocycles. The Hall–Kier alpha value is -2.34. The van der Waals surface area contributed by atoms with Crippen molar-refractivity contribution in [3.05, 3.63) is 64.1 Å². The maximum absolute atomic E-state index is 12.7. The summed E-state index contributed by atoms with van der Waals surface area (Å²) in [5.74, 6) is -0.515. The fourth-order valence-corrected chi connectivity index (χ4v) is 2.89. The van der Waals surface area contributed by atoms with Gasteiger partial charge in [-0.3, -0.25) is 4.90 Å². The Morgan fingerprint density at radius 3 is 2.44 bits per heavy atom. The molecule has 2 aromatic rings. The molecule has 0 aromatic heterocycles. The third-order valence-corrected chi connectivity index (χ3v) is 4.24. The number of halogens is 1. The van der Waals surface area contributed by atoms with Gasteiger partial charge in [0, 0.05) is 4.47 Å². The van der Waals surface area contributed by atoms with E-state index in [-0.39, 0.29) is 6.61 Å². The van der Waals surface area contributed by atoms with E-state index < -0.39 is 18.1 Å². The zero-order chi connectivity index (χ0) is 18.4. The second-order valence-electron chi connectivity index (χ2n) is 5.54. The maximum Gasteiger partial charge on any atom is 0.415 e.